The molecule has 19 heavy (non-hydrogen) atoms. The zero-order valence-corrected chi connectivity index (χ0v) is 11.8. The van der Waals surface area contributed by atoms with Crippen LogP contribution in [-0.2, 0) is 0 Å². The molecule has 0 saturated carbocycles. The van der Waals surface area contributed by atoms with Crippen molar-refractivity contribution in [3.05, 3.63) is 34.0 Å². The molecule has 0 amide bonds. The highest BCUT2D eigenvalue weighted by molar-refractivity contribution is 7.99. The zero-order chi connectivity index (χ0) is 13.8. The quantitative estimate of drug-likeness (QED) is 0.654. The Morgan fingerprint density at radius 1 is 1.26 bits per heavy atom. The van der Waals surface area contributed by atoms with Gasteiger partial charge in [0.25, 0.3) is 5.56 Å². The Morgan fingerprint density at radius 2 is 2.05 bits per heavy atom. The van der Waals surface area contributed by atoms with Gasteiger partial charge in [0.05, 0.1) is 0 Å². The van der Waals surface area contributed by atoms with Crippen molar-refractivity contribution in [1.29, 1.82) is 0 Å². The van der Waals surface area contributed by atoms with Gasteiger partial charge in [0, 0.05) is 24.4 Å². The van der Waals surface area contributed by atoms with Gasteiger partial charge in [-0.15, -0.1) is 0 Å². The molecule has 2 aromatic rings. The van der Waals surface area contributed by atoms with Gasteiger partial charge >= 0.3 is 0 Å². The average Bonchev–Trinajstić information content (AvgIpc) is 2.26. The van der Waals surface area contributed by atoms with Gasteiger partial charge in [-0.1, -0.05) is 0 Å². The number of aromatic amines is 1. The SMILES string of the molecule is CCNc1cc(Sc2nc(C)cc(=O)[nH]2)nc(C)n1. The molecule has 6 nitrogen and oxygen atoms in total. The van der Waals surface area contributed by atoms with Crippen molar-refractivity contribution in [2.45, 2.75) is 31.0 Å². The zero-order valence-electron chi connectivity index (χ0n) is 11.0. The van der Waals surface area contributed by atoms with Crippen LogP contribution in [0.5, 0.6) is 0 Å². The minimum Gasteiger partial charge on any atom is -0.370 e. The van der Waals surface area contributed by atoms with Crippen LogP contribution in [0, 0.1) is 13.8 Å². The van der Waals surface area contributed by atoms with E-state index in [9.17, 15) is 4.79 Å². The van der Waals surface area contributed by atoms with E-state index in [1.54, 1.807) is 6.92 Å². The van der Waals surface area contributed by atoms with Crippen LogP contribution in [0.1, 0.15) is 18.4 Å². The molecule has 2 heterocycles. The molecule has 0 aliphatic heterocycles. The van der Waals surface area contributed by atoms with Crippen LogP contribution in [-0.4, -0.2) is 26.5 Å². The fourth-order valence-corrected chi connectivity index (χ4v) is 2.45. The van der Waals surface area contributed by atoms with Crippen LogP contribution in [0.3, 0.4) is 0 Å². The Hall–Kier alpha value is -1.89. The summed E-state index contributed by atoms with van der Waals surface area (Å²) < 4.78 is 0. The van der Waals surface area contributed by atoms with Crippen LogP contribution >= 0.6 is 11.8 Å². The topological polar surface area (TPSA) is 83.6 Å². The molecule has 0 spiro atoms. The summed E-state index contributed by atoms with van der Waals surface area (Å²) in [5, 5.41) is 4.42. The predicted molar refractivity (Wildman–Crippen MR) is 74.7 cm³/mol. The molecule has 2 N–H and O–H groups in total. The molecule has 0 unspecified atom stereocenters. The van der Waals surface area contributed by atoms with Gasteiger partial charge in [-0.05, 0) is 32.5 Å². The Bertz CT molecular complexity index is 640. The van der Waals surface area contributed by atoms with E-state index in [4.69, 9.17) is 0 Å². The number of aromatic nitrogens is 4. The second-order valence-corrected chi connectivity index (χ2v) is 4.97. The van der Waals surface area contributed by atoms with E-state index < -0.39 is 0 Å². The highest BCUT2D eigenvalue weighted by Gasteiger charge is 2.06. The Labute approximate surface area is 115 Å². The van der Waals surface area contributed by atoms with Gasteiger partial charge < -0.3 is 10.3 Å². The number of nitrogens with zero attached hydrogens (tertiary/aromatic N) is 3. The molecule has 0 bridgehead atoms. The molecular formula is C12H15N5OS. The first kappa shape index (κ1) is 13.5. The van der Waals surface area contributed by atoms with E-state index in [0.29, 0.717) is 16.7 Å². The minimum absolute atomic E-state index is 0.160. The summed E-state index contributed by atoms with van der Waals surface area (Å²) in [6, 6.07) is 3.29. The van der Waals surface area contributed by atoms with Crippen molar-refractivity contribution in [2.75, 3.05) is 11.9 Å². The summed E-state index contributed by atoms with van der Waals surface area (Å²) in [5.41, 5.74) is 0.525. The van der Waals surface area contributed by atoms with Crippen LogP contribution < -0.4 is 10.9 Å². The smallest absolute Gasteiger partial charge is 0.251 e. The number of nitrogens with one attached hydrogen (secondary N) is 2. The molecule has 2 aromatic heterocycles. The van der Waals surface area contributed by atoms with Gasteiger partial charge in [0.15, 0.2) is 5.16 Å². The van der Waals surface area contributed by atoms with Gasteiger partial charge in [0.1, 0.15) is 16.7 Å². The second-order valence-electron chi connectivity index (χ2n) is 3.96. The summed E-state index contributed by atoms with van der Waals surface area (Å²) >= 11 is 1.31. The van der Waals surface area contributed by atoms with E-state index in [0.717, 1.165) is 17.4 Å². The van der Waals surface area contributed by atoms with E-state index in [1.165, 1.54) is 17.8 Å². The maximum Gasteiger partial charge on any atom is 0.251 e. The third-order valence-corrected chi connectivity index (χ3v) is 3.03. The summed E-state index contributed by atoms with van der Waals surface area (Å²) in [6.45, 7) is 6.41. The Morgan fingerprint density at radius 3 is 2.74 bits per heavy atom. The number of H-pyrrole nitrogens is 1. The summed E-state index contributed by atoms with van der Waals surface area (Å²) in [5.74, 6) is 1.45. The lowest BCUT2D eigenvalue weighted by molar-refractivity contribution is 0.895. The minimum atomic E-state index is -0.160. The first-order valence-electron chi connectivity index (χ1n) is 5.92. The molecule has 2 rings (SSSR count). The summed E-state index contributed by atoms with van der Waals surface area (Å²) in [7, 11) is 0. The Kier molecular flexibility index (Phi) is 4.16. The molecule has 0 aromatic carbocycles. The van der Waals surface area contributed by atoms with Crippen LogP contribution in [0.4, 0.5) is 5.82 Å². The van der Waals surface area contributed by atoms with Gasteiger partial charge in [-0.3, -0.25) is 4.79 Å². The van der Waals surface area contributed by atoms with Gasteiger partial charge in [0.2, 0.25) is 0 Å². The van der Waals surface area contributed by atoms with Crippen LogP contribution in [0.15, 0.2) is 27.1 Å². The molecular weight excluding hydrogens is 262 g/mol. The Balaban J connectivity index is 2.29. The summed E-state index contributed by atoms with van der Waals surface area (Å²) in [6.07, 6.45) is 0. The monoisotopic (exact) mass is 277 g/mol. The molecule has 0 aliphatic rings. The predicted octanol–water partition coefficient (Wildman–Crippen LogP) is 1.76. The highest BCUT2D eigenvalue weighted by Crippen LogP contribution is 2.23. The van der Waals surface area contributed by atoms with Gasteiger partial charge in [-0.2, -0.15) is 0 Å². The first-order chi connectivity index (χ1) is 9.06. The summed E-state index contributed by atoms with van der Waals surface area (Å²) in [4.78, 5) is 26.9. The lowest BCUT2D eigenvalue weighted by atomic mass is 10.5. The van der Waals surface area contributed by atoms with Gasteiger partial charge in [-0.25, -0.2) is 15.0 Å². The first-order valence-corrected chi connectivity index (χ1v) is 6.74. The number of hydrogen-bond donors (Lipinski definition) is 2. The maximum absolute atomic E-state index is 11.4. The fourth-order valence-electron chi connectivity index (χ4n) is 1.56. The van der Waals surface area contributed by atoms with Crippen molar-refractivity contribution in [3.63, 3.8) is 0 Å². The van der Waals surface area contributed by atoms with E-state index in [1.807, 2.05) is 19.9 Å². The normalized spacial score (nSPS) is 10.5. The van der Waals surface area contributed by atoms with Crippen molar-refractivity contribution < 1.29 is 0 Å². The molecule has 100 valence electrons. The van der Waals surface area contributed by atoms with E-state index in [2.05, 4.69) is 25.3 Å². The van der Waals surface area contributed by atoms with Crippen molar-refractivity contribution >= 4 is 17.6 Å². The molecule has 0 saturated heterocycles. The highest BCUT2D eigenvalue weighted by atomic mass is 32.2. The van der Waals surface area contributed by atoms with Crippen LogP contribution in [0.2, 0.25) is 0 Å². The van der Waals surface area contributed by atoms with Crippen molar-refractivity contribution in [3.8, 4) is 0 Å². The number of aryl methyl sites for hydroxylation is 2. The van der Waals surface area contributed by atoms with Crippen molar-refractivity contribution in [2.24, 2.45) is 0 Å². The molecule has 0 aliphatic carbocycles. The van der Waals surface area contributed by atoms with Crippen LogP contribution in [0.25, 0.3) is 0 Å². The lowest BCUT2D eigenvalue weighted by Crippen LogP contribution is -2.08. The van der Waals surface area contributed by atoms with E-state index in [-0.39, 0.29) is 5.56 Å². The fraction of sp³-hybridized carbons (Fsp3) is 0.333. The largest absolute Gasteiger partial charge is 0.370 e. The third kappa shape index (κ3) is 3.78. The molecule has 0 atom stereocenters. The lowest BCUT2D eigenvalue weighted by Gasteiger charge is -2.06. The third-order valence-electron chi connectivity index (χ3n) is 2.22. The van der Waals surface area contributed by atoms with Crippen molar-refractivity contribution in [1.82, 2.24) is 19.9 Å². The number of anilines is 1. The molecule has 0 radical (unpaired) electrons. The number of rotatable bonds is 4. The standard InChI is InChI=1S/C12H15N5OS/c1-4-13-9-6-11(16-8(3)15-9)19-12-14-7(2)5-10(18)17-12/h5-6H,4H2,1-3H3,(H,13,15,16)(H,14,17,18). The van der Waals surface area contributed by atoms with E-state index >= 15 is 0 Å². The maximum atomic E-state index is 11.4. The second kappa shape index (κ2) is 5.83. The molecule has 7 heteroatoms. The molecule has 0 fully saturated rings. The average molecular weight is 277 g/mol. The number of hydrogen-bond acceptors (Lipinski definition) is 6.